The van der Waals surface area contributed by atoms with Crippen LogP contribution in [-0.4, -0.2) is 58.9 Å². The SMILES string of the molecule is CC(C)(C)O[C@@H]1[C@@H](OC(C)(C)C)CN2O[C@H](CCO)C[C@@H]12. The molecular weight excluding hydrogens is 270 g/mol. The van der Waals surface area contributed by atoms with Crippen LogP contribution in [0.4, 0.5) is 0 Å². The van der Waals surface area contributed by atoms with Crippen LogP contribution in [0.1, 0.15) is 54.4 Å². The number of aliphatic hydroxyl groups is 1. The quantitative estimate of drug-likeness (QED) is 0.862. The molecule has 2 aliphatic rings. The molecule has 0 radical (unpaired) electrons. The molecule has 0 unspecified atom stereocenters. The minimum absolute atomic E-state index is 0.00733. The first kappa shape index (κ1) is 17.2. The molecule has 21 heavy (non-hydrogen) atoms. The number of aliphatic hydroxyl groups excluding tert-OH is 1. The van der Waals surface area contributed by atoms with Crippen molar-refractivity contribution in [2.75, 3.05) is 13.2 Å². The number of hydrogen-bond acceptors (Lipinski definition) is 5. The summed E-state index contributed by atoms with van der Waals surface area (Å²) in [6, 6.07) is 0.216. The van der Waals surface area contributed by atoms with Gasteiger partial charge < -0.3 is 14.6 Å². The van der Waals surface area contributed by atoms with E-state index in [4.69, 9.17) is 19.4 Å². The van der Waals surface area contributed by atoms with Crippen LogP contribution in [0.25, 0.3) is 0 Å². The molecule has 0 aromatic rings. The third-order valence-electron chi connectivity index (χ3n) is 3.71. The Morgan fingerprint density at radius 1 is 1.10 bits per heavy atom. The fraction of sp³-hybridized carbons (Fsp3) is 1.00. The van der Waals surface area contributed by atoms with Crippen molar-refractivity contribution in [3.05, 3.63) is 0 Å². The number of ether oxygens (including phenoxy) is 2. The van der Waals surface area contributed by atoms with Crippen LogP contribution in [0, 0.1) is 0 Å². The number of hydroxylamine groups is 2. The minimum Gasteiger partial charge on any atom is -0.396 e. The predicted octanol–water partition coefficient (Wildman–Crippen LogP) is 2.12. The number of rotatable bonds is 4. The van der Waals surface area contributed by atoms with E-state index in [-0.39, 0.29) is 42.2 Å². The van der Waals surface area contributed by atoms with E-state index in [0.29, 0.717) is 6.42 Å². The van der Waals surface area contributed by atoms with E-state index >= 15 is 0 Å². The first-order chi connectivity index (χ1) is 9.59. The molecule has 0 aromatic carbocycles. The fourth-order valence-corrected chi connectivity index (χ4v) is 3.14. The van der Waals surface area contributed by atoms with Gasteiger partial charge in [0.15, 0.2) is 0 Å². The standard InChI is InChI=1S/C16H31NO4/c1-15(2,3)19-13-10-17-12(9-11(21-17)7-8-18)14(13)20-16(4,5)6/h11-14,18H,7-10H2,1-6H3/t11-,12+,13+,14+/m1/s1. The summed E-state index contributed by atoms with van der Waals surface area (Å²) in [6.07, 6.45) is 1.70. The average Bonchev–Trinajstić information content (AvgIpc) is 2.76. The van der Waals surface area contributed by atoms with Gasteiger partial charge in [0.1, 0.15) is 12.2 Å². The lowest BCUT2D eigenvalue weighted by Gasteiger charge is -2.34. The Kier molecular flexibility index (Phi) is 5.01. The van der Waals surface area contributed by atoms with Crippen molar-refractivity contribution >= 4 is 0 Å². The van der Waals surface area contributed by atoms with Crippen LogP contribution in [-0.2, 0) is 14.3 Å². The average molecular weight is 301 g/mol. The van der Waals surface area contributed by atoms with E-state index in [1.54, 1.807) is 0 Å². The van der Waals surface area contributed by atoms with Crippen LogP contribution in [0.3, 0.4) is 0 Å². The van der Waals surface area contributed by atoms with Gasteiger partial charge in [-0.05, 0) is 54.4 Å². The van der Waals surface area contributed by atoms with E-state index in [1.807, 2.05) is 5.06 Å². The Morgan fingerprint density at radius 2 is 1.71 bits per heavy atom. The molecule has 5 heteroatoms. The second-order valence-electron chi connectivity index (χ2n) is 8.11. The topological polar surface area (TPSA) is 51.2 Å². The highest BCUT2D eigenvalue weighted by molar-refractivity contribution is 4.98. The number of fused-ring (bicyclic) bond motifs is 1. The van der Waals surface area contributed by atoms with Gasteiger partial charge >= 0.3 is 0 Å². The van der Waals surface area contributed by atoms with E-state index in [1.165, 1.54) is 0 Å². The maximum absolute atomic E-state index is 9.09. The summed E-state index contributed by atoms with van der Waals surface area (Å²) in [6.45, 7) is 13.3. The molecule has 2 saturated heterocycles. The Balaban J connectivity index is 2.08. The second kappa shape index (κ2) is 6.13. The number of hydrogen-bond donors (Lipinski definition) is 1. The lowest BCUT2D eigenvalue weighted by atomic mass is 10.0. The van der Waals surface area contributed by atoms with Crippen molar-refractivity contribution in [1.29, 1.82) is 0 Å². The molecule has 124 valence electrons. The summed E-state index contributed by atoms with van der Waals surface area (Å²) in [7, 11) is 0. The highest BCUT2D eigenvalue weighted by Gasteiger charge is 2.51. The molecule has 0 amide bonds. The summed E-state index contributed by atoms with van der Waals surface area (Å²) >= 11 is 0. The van der Waals surface area contributed by atoms with Gasteiger partial charge in [0.2, 0.25) is 0 Å². The van der Waals surface area contributed by atoms with Gasteiger partial charge in [-0.15, -0.1) is 0 Å². The molecule has 0 spiro atoms. The summed E-state index contributed by atoms with van der Waals surface area (Å²) in [5, 5.41) is 11.1. The molecule has 2 fully saturated rings. The van der Waals surface area contributed by atoms with Crippen molar-refractivity contribution in [2.45, 2.75) is 89.9 Å². The van der Waals surface area contributed by atoms with Crippen LogP contribution < -0.4 is 0 Å². The van der Waals surface area contributed by atoms with Crippen molar-refractivity contribution in [3.8, 4) is 0 Å². The Hall–Kier alpha value is -0.200. The first-order valence-electron chi connectivity index (χ1n) is 7.99. The molecule has 2 rings (SSSR count). The van der Waals surface area contributed by atoms with Crippen LogP contribution in [0.15, 0.2) is 0 Å². The monoisotopic (exact) mass is 301 g/mol. The highest BCUT2D eigenvalue weighted by Crippen LogP contribution is 2.37. The highest BCUT2D eigenvalue weighted by atomic mass is 16.7. The maximum atomic E-state index is 9.09. The predicted molar refractivity (Wildman–Crippen MR) is 80.9 cm³/mol. The zero-order valence-corrected chi connectivity index (χ0v) is 14.3. The van der Waals surface area contributed by atoms with Crippen LogP contribution in [0.5, 0.6) is 0 Å². The molecule has 0 aromatic heterocycles. The van der Waals surface area contributed by atoms with Crippen molar-refractivity contribution in [1.82, 2.24) is 5.06 Å². The van der Waals surface area contributed by atoms with Crippen molar-refractivity contribution in [2.24, 2.45) is 0 Å². The summed E-state index contributed by atoms with van der Waals surface area (Å²) in [5.74, 6) is 0. The molecule has 0 bridgehead atoms. The second-order valence-corrected chi connectivity index (χ2v) is 8.11. The summed E-state index contributed by atoms with van der Waals surface area (Å²) < 4.78 is 12.5. The van der Waals surface area contributed by atoms with E-state index in [2.05, 4.69) is 41.5 Å². The van der Waals surface area contributed by atoms with Gasteiger partial charge in [0.05, 0.1) is 29.9 Å². The Bertz CT molecular complexity index is 347. The first-order valence-corrected chi connectivity index (χ1v) is 7.99. The number of nitrogens with zero attached hydrogens (tertiary/aromatic N) is 1. The molecule has 2 aliphatic heterocycles. The Morgan fingerprint density at radius 3 is 2.24 bits per heavy atom. The van der Waals surface area contributed by atoms with E-state index in [0.717, 1.165) is 13.0 Å². The molecule has 0 aliphatic carbocycles. The van der Waals surface area contributed by atoms with Gasteiger partial charge in [0.25, 0.3) is 0 Å². The van der Waals surface area contributed by atoms with E-state index < -0.39 is 0 Å². The third kappa shape index (κ3) is 4.63. The zero-order valence-electron chi connectivity index (χ0n) is 14.3. The van der Waals surface area contributed by atoms with Gasteiger partial charge in [-0.25, -0.2) is 0 Å². The largest absolute Gasteiger partial charge is 0.396 e. The minimum atomic E-state index is -0.213. The summed E-state index contributed by atoms with van der Waals surface area (Å²) in [4.78, 5) is 5.93. The molecule has 4 atom stereocenters. The van der Waals surface area contributed by atoms with Gasteiger partial charge in [-0.2, -0.15) is 5.06 Å². The van der Waals surface area contributed by atoms with Gasteiger partial charge in [0, 0.05) is 6.61 Å². The summed E-state index contributed by atoms with van der Waals surface area (Å²) in [5.41, 5.74) is -0.413. The molecular formula is C16H31NO4. The van der Waals surface area contributed by atoms with Crippen LogP contribution >= 0.6 is 0 Å². The lowest BCUT2D eigenvalue weighted by Crippen LogP contribution is -2.43. The Labute approximate surface area is 128 Å². The fourth-order valence-electron chi connectivity index (χ4n) is 3.14. The third-order valence-corrected chi connectivity index (χ3v) is 3.71. The van der Waals surface area contributed by atoms with Crippen molar-refractivity contribution in [3.63, 3.8) is 0 Å². The molecule has 2 heterocycles. The molecule has 5 nitrogen and oxygen atoms in total. The molecule has 0 saturated carbocycles. The normalized spacial score (nSPS) is 34.4. The van der Waals surface area contributed by atoms with Crippen molar-refractivity contribution < 1.29 is 19.4 Å². The van der Waals surface area contributed by atoms with Gasteiger partial charge in [-0.1, -0.05) is 0 Å². The maximum Gasteiger partial charge on any atom is 0.104 e. The van der Waals surface area contributed by atoms with Gasteiger partial charge in [-0.3, -0.25) is 4.84 Å². The smallest absolute Gasteiger partial charge is 0.104 e. The zero-order chi connectivity index (χ0) is 15.8. The lowest BCUT2D eigenvalue weighted by molar-refractivity contribution is -0.163. The van der Waals surface area contributed by atoms with E-state index in [9.17, 15) is 0 Å². The van der Waals surface area contributed by atoms with Crippen LogP contribution in [0.2, 0.25) is 0 Å². The molecule has 1 N–H and O–H groups in total.